The highest BCUT2D eigenvalue weighted by Crippen LogP contribution is 2.32. The molecular weight excluding hydrogens is 200 g/mol. The number of carbonyl (C=O) groups is 1. The van der Waals surface area contributed by atoms with Crippen molar-refractivity contribution in [1.82, 2.24) is 5.32 Å². The van der Waals surface area contributed by atoms with E-state index in [1.165, 1.54) is 25.7 Å². The third-order valence-electron chi connectivity index (χ3n) is 3.67. The number of rotatable bonds is 5. The fraction of sp³-hybridized carbons (Fsp3) is 0.923. The van der Waals surface area contributed by atoms with Crippen LogP contribution in [-0.2, 0) is 4.79 Å². The molecule has 3 atom stereocenters. The Labute approximate surface area is 99.2 Å². The molecule has 0 spiro atoms. The summed E-state index contributed by atoms with van der Waals surface area (Å²) >= 11 is 0. The van der Waals surface area contributed by atoms with Crippen LogP contribution >= 0.6 is 0 Å². The second-order valence-electron chi connectivity index (χ2n) is 5.20. The minimum atomic E-state index is 0.0234. The molecule has 1 saturated carbocycles. The number of nitrogens with one attached hydrogen (secondary N) is 1. The van der Waals surface area contributed by atoms with Gasteiger partial charge in [-0.05, 0) is 31.6 Å². The maximum Gasteiger partial charge on any atom is 0.224 e. The SMILES string of the molecule is CCNC(=O)C(CN)CC1CCCC(C)C1. The summed E-state index contributed by atoms with van der Waals surface area (Å²) in [7, 11) is 0. The highest BCUT2D eigenvalue weighted by Gasteiger charge is 2.25. The number of hydrogen-bond donors (Lipinski definition) is 2. The van der Waals surface area contributed by atoms with E-state index in [4.69, 9.17) is 5.73 Å². The minimum absolute atomic E-state index is 0.0234. The van der Waals surface area contributed by atoms with E-state index in [2.05, 4.69) is 12.2 Å². The molecule has 3 heteroatoms. The summed E-state index contributed by atoms with van der Waals surface area (Å²) in [6.45, 7) is 5.46. The molecule has 0 aromatic rings. The second-order valence-corrected chi connectivity index (χ2v) is 5.20. The van der Waals surface area contributed by atoms with Gasteiger partial charge in [0.15, 0.2) is 0 Å². The van der Waals surface area contributed by atoms with Crippen LogP contribution in [0.3, 0.4) is 0 Å². The first-order chi connectivity index (χ1) is 7.67. The fourth-order valence-corrected chi connectivity index (χ4v) is 2.81. The van der Waals surface area contributed by atoms with Gasteiger partial charge in [-0.25, -0.2) is 0 Å². The van der Waals surface area contributed by atoms with Crippen molar-refractivity contribution in [1.29, 1.82) is 0 Å². The average molecular weight is 226 g/mol. The molecule has 1 aliphatic rings. The van der Waals surface area contributed by atoms with E-state index in [0.29, 0.717) is 19.0 Å². The van der Waals surface area contributed by atoms with Gasteiger partial charge in [0.1, 0.15) is 0 Å². The zero-order valence-electron chi connectivity index (χ0n) is 10.7. The zero-order chi connectivity index (χ0) is 12.0. The summed E-state index contributed by atoms with van der Waals surface area (Å²) in [5, 5.41) is 2.88. The molecule has 0 aliphatic heterocycles. The van der Waals surface area contributed by atoms with E-state index in [1.54, 1.807) is 0 Å². The van der Waals surface area contributed by atoms with E-state index in [9.17, 15) is 4.79 Å². The topological polar surface area (TPSA) is 55.1 Å². The van der Waals surface area contributed by atoms with Gasteiger partial charge in [-0.2, -0.15) is 0 Å². The summed E-state index contributed by atoms with van der Waals surface area (Å²) < 4.78 is 0. The molecule has 16 heavy (non-hydrogen) atoms. The summed E-state index contributed by atoms with van der Waals surface area (Å²) in [5.41, 5.74) is 5.69. The van der Waals surface area contributed by atoms with Crippen molar-refractivity contribution < 1.29 is 4.79 Å². The molecular formula is C13H26N2O. The standard InChI is InChI=1S/C13H26N2O/c1-3-15-13(16)12(9-14)8-11-6-4-5-10(2)7-11/h10-12H,3-9,14H2,1-2H3,(H,15,16). The Morgan fingerprint density at radius 1 is 1.50 bits per heavy atom. The van der Waals surface area contributed by atoms with Gasteiger partial charge in [-0.3, -0.25) is 4.79 Å². The normalized spacial score (nSPS) is 27.4. The zero-order valence-corrected chi connectivity index (χ0v) is 10.7. The van der Waals surface area contributed by atoms with Crippen LogP contribution in [0.15, 0.2) is 0 Å². The van der Waals surface area contributed by atoms with E-state index in [1.807, 2.05) is 6.92 Å². The molecule has 3 N–H and O–H groups in total. The van der Waals surface area contributed by atoms with Gasteiger partial charge >= 0.3 is 0 Å². The van der Waals surface area contributed by atoms with Crippen molar-refractivity contribution >= 4 is 5.91 Å². The third-order valence-corrected chi connectivity index (χ3v) is 3.67. The molecule has 1 fully saturated rings. The van der Waals surface area contributed by atoms with Crippen LogP contribution in [0, 0.1) is 17.8 Å². The average Bonchev–Trinajstić information content (AvgIpc) is 2.26. The van der Waals surface area contributed by atoms with Gasteiger partial charge < -0.3 is 11.1 Å². The van der Waals surface area contributed by atoms with Crippen LogP contribution < -0.4 is 11.1 Å². The Balaban J connectivity index is 2.39. The fourth-order valence-electron chi connectivity index (χ4n) is 2.81. The quantitative estimate of drug-likeness (QED) is 0.752. The summed E-state index contributed by atoms with van der Waals surface area (Å²) in [6, 6.07) is 0. The monoisotopic (exact) mass is 226 g/mol. The molecule has 0 aromatic carbocycles. The largest absolute Gasteiger partial charge is 0.356 e. The lowest BCUT2D eigenvalue weighted by molar-refractivity contribution is -0.125. The predicted octanol–water partition coefficient (Wildman–Crippen LogP) is 1.91. The maximum atomic E-state index is 11.7. The van der Waals surface area contributed by atoms with Crippen molar-refractivity contribution in [3.8, 4) is 0 Å². The number of hydrogen-bond acceptors (Lipinski definition) is 2. The van der Waals surface area contributed by atoms with Crippen LogP contribution in [-0.4, -0.2) is 19.0 Å². The van der Waals surface area contributed by atoms with Gasteiger partial charge in [0.25, 0.3) is 0 Å². The van der Waals surface area contributed by atoms with E-state index < -0.39 is 0 Å². The van der Waals surface area contributed by atoms with Gasteiger partial charge in [-0.1, -0.05) is 26.2 Å². The Morgan fingerprint density at radius 3 is 2.81 bits per heavy atom. The molecule has 1 amide bonds. The molecule has 94 valence electrons. The molecule has 0 radical (unpaired) electrons. The van der Waals surface area contributed by atoms with Crippen molar-refractivity contribution in [2.24, 2.45) is 23.5 Å². The molecule has 0 bridgehead atoms. The molecule has 0 aromatic heterocycles. The molecule has 0 saturated heterocycles. The highest BCUT2D eigenvalue weighted by atomic mass is 16.1. The Morgan fingerprint density at radius 2 is 2.25 bits per heavy atom. The smallest absolute Gasteiger partial charge is 0.224 e. The summed E-state index contributed by atoms with van der Waals surface area (Å²) in [5.74, 6) is 1.70. The molecule has 1 rings (SSSR count). The number of amides is 1. The minimum Gasteiger partial charge on any atom is -0.356 e. The third kappa shape index (κ3) is 4.12. The van der Waals surface area contributed by atoms with Crippen molar-refractivity contribution in [3.63, 3.8) is 0 Å². The highest BCUT2D eigenvalue weighted by molar-refractivity contribution is 5.78. The second kappa shape index (κ2) is 6.89. The first kappa shape index (κ1) is 13.5. The van der Waals surface area contributed by atoms with E-state index in [-0.39, 0.29) is 11.8 Å². The first-order valence-corrected chi connectivity index (χ1v) is 6.65. The lowest BCUT2D eigenvalue weighted by Crippen LogP contribution is -2.36. The predicted molar refractivity (Wildman–Crippen MR) is 67.0 cm³/mol. The first-order valence-electron chi connectivity index (χ1n) is 6.65. The van der Waals surface area contributed by atoms with Crippen LogP contribution in [0.4, 0.5) is 0 Å². The van der Waals surface area contributed by atoms with Gasteiger partial charge in [-0.15, -0.1) is 0 Å². The van der Waals surface area contributed by atoms with Gasteiger partial charge in [0.05, 0.1) is 5.92 Å². The molecule has 0 heterocycles. The number of nitrogens with two attached hydrogens (primary N) is 1. The lowest BCUT2D eigenvalue weighted by atomic mass is 9.78. The summed E-state index contributed by atoms with van der Waals surface area (Å²) in [6.07, 6.45) is 6.20. The Hall–Kier alpha value is -0.570. The molecule has 3 nitrogen and oxygen atoms in total. The van der Waals surface area contributed by atoms with Crippen molar-refractivity contribution in [2.45, 2.75) is 46.0 Å². The van der Waals surface area contributed by atoms with Crippen LogP contribution in [0.25, 0.3) is 0 Å². The molecule has 3 unspecified atom stereocenters. The Bertz CT molecular complexity index is 218. The van der Waals surface area contributed by atoms with Crippen LogP contribution in [0.5, 0.6) is 0 Å². The molecule has 1 aliphatic carbocycles. The number of carbonyl (C=O) groups excluding carboxylic acids is 1. The Kier molecular flexibility index (Phi) is 5.81. The van der Waals surface area contributed by atoms with Crippen molar-refractivity contribution in [2.75, 3.05) is 13.1 Å². The lowest BCUT2D eigenvalue weighted by Gasteiger charge is -2.29. The summed E-state index contributed by atoms with van der Waals surface area (Å²) in [4.78, 5) is 11.7. The van der Waals surface area contributed by atoms with Crippen molar-refractivity contribution in [3.05, 3.63) is 0 Å². The van der Waals surface area contributed by atoms with E-state index >= 15 is 0 Å². The maximum absolute atomic E-state index is 11.7. The van der Waals surface area contributed by atoms with Crippen LogP contribution in [0.1, 0.15) is 46.0 Å². The van der Waals surface area contributed by atoms with Gasteiger partial charge in [0, 0.05) is 13.1 Å². The van der Waals surface area contributed by atoms with Crippen LogP contribution in [0.2, 0.25) is 0 Å². The van der Waals surface area contributed by atoms with Gasteiger partial charge in [0.2, 0.25) is 5.91 Å². The van der Waals surface area contributed by atoms with E-state index in [0.717, 1.165) is 12.3 Å².